The van der Waals surface area contributed by atoms with E-state index in [2.05, 4.69) is 226 Å². The zero-order chi connectivity index (χ0) is 41.0. The highest BCUT2D eigenvalue weighted by molar-refractivity contribution is 6.98. The van der Waals surface area contributed by atoms with Crippen molar-refractivity contribution in [1.29, 1.82) is 0 Å². The van der Waals surface area contributed by atoms with E-state index >= 15 is 0 Å². The van der Waals surface area contributed by atoms with Crippen molar-refractivity contribution in [1.82, 2.24) is 0 Å². The molecule has 0 aromatic heterocycles. The molecule has 3 nitrogen and oxygen atoms in total. The lowest BCUT2D eigenvalue weighted by molar-refractivity contribution is 0.484. The molecule has 61 heavy (non-hydrogen) atoms. The Balaban J connectivity index is 1.04. The fraction of sp³-hybridized carbons (Fsp3) is 0.123. The first kappa shape index (κ1) is 35.9. The summed E-state index contributed by atoms with van der Waals surface area (Å²) in [6, 6.07) is 68.8. The Bertz CT molecular complexity index is 3010. The first-order valence-electron chi connectivity index (χ1n) is 21.7. The van der Waals surface area contributed by atoms with Gasteiger partial charge in [-0.1, -0.05) is 135 Å². The molecule has 8 aromatic carbocycles. The predicted molar refractivity (Wildman–Crippen MR) is 256 cm³/mol. The molecule has 2 heterocycles. The Morgan fingerprint density at radius 3 is 1.61 bits per heavy atom. The zero-order valence-corrected chi connectivity index (χ0v) is 35.0. The first-order chi connectivity index (χ1) is 29.9. The van der Waals surface area contributed by atoms with Crippen LogP contribution in [0, 0.1) is 6.92 Å². The number of nitrogens with zero attached hydrogens (tertiary/aromatic N) is 2. The minimum Gasteiger partial charge on any atom is -0.458 e. The van der Waals surface area contributed by atoms with Gasteiger partial charge in [0.15, 0.2) is 0 Å². The van der Waals surface area contributed by atoms with Crippen LogP contribution in [0.4, 0.5) is 34.1 Å². The second kappa shape index (κ2) is 13.2. The smallest absolute Gasteiger partial charge is 0.251 e. The molecule has 0 bridgehead atoms. The summed E-state index contributed by atoms with van der Waals surface area (Å²) in [6.07, 6.45) is 0.949. The van der Waals surface area contributed by atoms with E-state index in [1.54, 1.807) is 0 Å². The largest absolute Gasteiger partial charge is 0.458 e. The van der Waals surface area contributed by atoms with E-state index in [4.69, 9.17) is 4.74 Å². The summed E-state index contributed by atoms with van der Waals surface area (Å²) >= 11 is 0. The normalized spacial score (nSPS) is 16.8. The van der Waals surface area contributed by atoms with Gasteiger partial charge >= 0.3 is 0 Å². The fourth-order valence-electron chi connectivity index (χ4n) is 11.6. The number of benzene rings is 8. The summed E-state index contributed by atoms with van der Waals surface area (Å²) in [5, 5.41) is 0. The summed E-state index contributed by atoms with van der Waals surface area (Å²) in [4.78, 5) is 4.71. The maximum absolute atomic E-state index is 7.18. The second-order valence-electron chi connectivity index (χ2n) is 17.6. The van der Waals surface area contributed by atoms with E-state index in [0.717, 1.165) is 46.4 Å². The second-order valence-corrected chi connectivity index (χ2v) is 17.6. The van der Waals surface area contributed by atoms with Crippen LogP contribution >= 0.6 is 0 Å². The standard InChI is InChI=1S/C57H45BN2O/c1-5-57-47-33-37(2)34-51-55(47)58(48-32-30-43(36-50(48)61-51)60(40-23-14-8-15-24-40)41-25-16-9-17-26-41)49-28-18-27-45(52(49)57)53-54(57)44-31-29-42(35-46(44)56(53,3)4)59(38-19-10-6-11-20-38)39-21-12-7-13-22-39/h6-36H,5H2,1-4H3/t57-/m1/s1. The number of ether oxygens (including phenoxy) is 1. The lowest BCUT2D eigenvalue weighted by atomic mass is 9.30. The van der Waals surface area contributed by atoms with Gasteiger partial charge in [0.05, 0.1) is 0 Å². The van der Waals surface area contributed by atoms with Gasteiger partial charge < -0.3 is 14.5 Å². The Kier molecular flexibility index (Phi) is 7.78. The number of rotatable bonds is 7. The van der Waals surface area contributed by atoms with Crippen molar-refractivity contribution in [2.24, 2.45) is 0 Å². The van der Waals surface area contributed by atoms with Crippen molar-refractivity contribution in [2.75, 3.05) is 9.80 Å². The van der Waals surface area contributed by atoms with Gasteiger partial charge in [0.2, 0.25) is 0 Å². The van der Waals surface area contributed by atoms with E-state index in [9.17, 15) is 0 Å². The van der Waals surface area contributed by atoms with Crippen LogP contribution in [0.25, 0.3) is 11.1 Å². The predicted octanol–water partition coefficient (Wildman–Crippen LogP) is 12.8. The molecular formula is C57H45BN2O. The minimum absolute atomic E-state index is 0.0511. The fourth-order valence-corrected chi connectivity index (χ4v) is 11.6. The molecular weight excluding hydrogens is 739 g/mol. The minimum atomic E-state index is -0.325. The maximum atomic E-state index is 7.18. The Morgan fingerprint density at radius 2 is 1.03 bits per heavy atom. The van der Waals surface area contributed by atoms with Crippen molar-refractivity contribution < 1.29 is 4.74 Å². The van der Waals surface area contributed by atoms with Crippen LogP contribution in [-0.2, 0) is 10.8 Å². The van der Waals surface area contributed by atoms with Gasteiger partial charge in [0.25, 0.3) is 6.71 Å². The third kappa shape index (κ3) is 4.99. The first-order valence-corrected chi connectivity index (χ1v) is 21.7. The molecule has 0 unspecified atom stereocenters. The van der Waals surface area contributed by atoms with Crippen LogP contribution in [0.5, 0.6) is 11.5 Å². The Labute approximate surface area is 359 Å². The topological polar surface area (TPSA) is 15.7 Å². The Morgan fingerprint density at radius 1 is 0.475 bits per heavy atom. The van der Waals surface area contributed by atoms with Gasteiger partial charge in [0.1, 0.15) is 11.5 Å². The lowest BCUT2D eigenvalue weighted by Crippen LogP contribution is -2.63. The average Bonchev–Trinajstić information content (AvgIpc) is 3.74. The molecule has 4 heteroatoms. The number of hydrogen-bond donors (Lipinski definition) is 0. The van der Waals surface area contributed by atoms with Crippen molar-refractivity contribution >= 4 is 68.4 Å². The third-order valence-electron chi connectivity index (χ3n) is 14.0. The number of hydrogen-bond acceptors (Lipinski definition) is 3. The number of anilines is 6. The van der Waals surface area contributed by atoms with Crippen molar-refractivity contribution in [3.8, 4) is 11.5 Å². The van der Waals surface area contributed by atoms with Gasteiger partial charge in [-0.2, -0.15) is 0 Å². The van der Waals surface area contributed by atoms with E-state index in [1.165, 1.54) is 66.6 Å². The summed E-state index contributed by atoms with van der Waals surface area (Å²) in [6.45, 7) is 9.61. The number of allylic oxidation sites excluding steroid dienone is 2. The molecule has 2 aliphatic heterocycles. The summed E-state index contributed by atoms with van der Waals surface area (Å²) in [5.41, 5.74) is 21.3. The molecule has 0 fully saturated rings. The lowest BCUT2D eigenvalue weighted by Gasteiger charge is -2.45. The molecule has 1 atom stereocenters. The summed E-state index contributed by atoms with van der Waals surface area (Å²) < 4.78 is 7.18. The van der Waals surface area contributed by atoms with Crippen LogP contribution in [0.1, 0.15) is 60.6 Å². The van der Waals surface area contributed by atoms with Gasteiger partial charge in [-0.05, 0) is 142 Å². The highest BCUT2D eigenvalue weighted by Crippen LogP contribution is 2.66. The van der Waals surface area contributed by atoms with Crippen LogP contribution in [0.3, 0.4) is 0 Å². The number of aryl methyl sites for hydroxylation is 1. The molecule has 2 aliphatic carbocycles. The molecule has 0 saturated carbocycles. The monoisotopic (exact) mass is 784 g/mol. The quantitative estimate of drug-likeness (QED) is 0.150. The SMILES string of the molecule is CC[C@]12C3=C(c4cccc(c41)B1c4ccc(N(c5ccccc5)c5ccccc5)cc4Oc4cc(C)cc2c41)C(C)(C)c1cc(N(c2ccccc2)c2ccccc2)ccc13. The van der Waals surface area contributed by atoms with Crippen molar-refractivity contribution in [2.45, 2.75) is 44.9 Å². The molecule has 292 valence electrons. The molecule has 0 radical (unpaired) electrons. The maximum Gasteiger partial charge on any atom is 0.251 e. The average molecular weight is 785 g/mol. The van der Waals surface area contributed by atoms with Crippen LogP contribution in [0.15, 0.2) is 188 Å². The molecule has 8 aromatic rings. The number of para-hydroxylation sites is 4. The summed E-state index contributed by atoms with van der Waals surface area (Å²) in [7, 11) is 0. The Hall–Kier alpha value is -7.04. The highest BCUT2D eigenvalue weighted by Gasteiger charge is 2.59. The van der Waals surface area contributed by atoms with E-state index < -0.39 is 0 Å². The molecule has 12 rings (SSSR count). The molecule has 0 N–H and O–H groups in total. The van der Waals surface area contributed by atoms with E-state index in [0.29, 0.717) is 0 Å². The molecule has 4 aliphatic rings. The molecule has 0 amide bonds. The molecule has 0 saturated heterocycles. The highest BCUT2D eigenvalue weighted by atomic mass is 16.5. The zero-order valence-electron chi connectivity index (χ0n) is 35.0. The van der Waals surface area contributed by atoms with Gasteiger partial charge in [-0.3, -0.25) is 0 Å². The van der Waals surface area contributed by atoms with Crippen LogP contribution < -0.4 is 30.9 Å². The van der Waals surface area contributed by atoms with Crippen LogP contribution in [-0.4, -0.2) is 6.71 Å². The van der Waals surface area contributed by atoms with Crippen molar-refractivity contribution in [3.05, 3.63) is 221 Å². The van der Waals surface area contributed by atoms with Gasteiger partial charge in [-0.15, -0.1) is 0 Å². The van der Waals surface area contributed by atoms with Gasteiger partial charge in [-0.25, -0.2) is 0 Å². The third-order valence-corrected chi connectivity index (χ3v) is 14.0. The van der Waals surface area contributed by atoms with E-state index in [1.807, 2.05) is 0 Å². The van der Waals surface area contributed by atoms with Crippen LogP contribution in [0.2, 0.25) is 0 Å². The summed E-state index contributed by atoms with van der Waals surface area (Å²) in [5.74, 6) is 1.89. The number of fused-ring (bicyclic) bond motifs is 8. The van der Waals surface area contributed by atoms with E-state index in [-0.39, 0.29) is 17.5 Å². The van der Waals surface area contributed by atoms with Crippen molar-refractivity contribution in [3.63, 3.8) is 0 Å². The van der Waals surface area contributed by atoms with Gasteiger partial charge in [0, 0.05) is 51.0 Å². The molecule has 0 spiro atoms.